The van der Waals surface area contributed by atoms with Gasteiger partial charge in [-0.25, -0.2) is 16.8 Å². The van der Waals surface area contributed by atoms with Gasteiger partial charge in [-0.3, -0.25) is 0 Å². The molecule has 0 amide bonds. The summed E-state index contributed by atoms with van der Waals surface area (Å²) in [6, 6.07) is 18.9. The van der Waals surface area contributed by atoms with Gasteiger partial charge >= 0.3 is 0 Å². The van der Waals surface area contributed by atoms with Crippen LogP contribution in [-0.4, -0.2) is 27.8 Å². The lowest BCUT2D eigenvalue weighted by Gasteiger charge is -2.20. The molecule has 7 heteroatoms. The predicted octanol–water partition coefficient (Wildman–Crippen LogP) is 6.77. The largest absolute Gasteiger partial charge is 0.223 e. The highest BCUT2D eigenvalue weighted by molar-refractivity contribution is 7.94. The van der Waals surface area contributed by atoms with Crippen LogP contribution in [-0.2, 0) is 26.1 Å². The Labute approximate surface area is 218 Å². The van der Waals surface area contributed by atoms with E-state index >= 15 is 0 Å². The second-order valence-corrected chi connectivity index (χ2v) is 15.2. The summed E-state index contributed by atoms with van der Waals surface area (Å²) in [4.78, 5) is 1.29. The first kappa shape index (κ1) is 25.2. The summed E-state index contributed by atoms with van der Waals surface area (Å²) in [5.74, 6) is 0.0562. The molecule has 0 radical (unpaired) electrons. The molecule has 4 nitrogen and oxygen atoms in total. The zero-order valence-electron chi connectivity index (χ0n) is 20.1. The summed E-state index contributed by atoms with van der Waals surface area (Å²) in [7, 11) is -6.62. The third-order valence-corrected chi connectivity index (χ3v) is 12.6. The highest BCUT2D eigenvalue weighted by Gasteiger charge is 2.30. The minimum Gasteiger partial charge on any atom is -0.223 e. The molecule has 36 heavy (non-hydrogen) atoms. The van der Waals surface area contributed by atoms with E-state index in [1.165, 1.54) is 11.3 Å². The van der Waals surface area contributed by atoms with Gasteiger partial charge in [0.2, 0.25) is 0 Å². The quantitative estimate of drug-likeness (QED) is 0.317. The molecule has 0 unspecified atom stereocenters. The van der Waals surface area contributed by atoms with Crippen LogP contribution in [0, 0.1) is 0 Å². The lowest BCUT2D eigenvalue weighted by Crippen LogP contribution is -2.23. The van der Waals surface area contributed by atoms with Crippen molar-refractivity contribution in [1.29, 1.82) is 0 Å². The Bertz CT molecular complexity index is 1500. The first-order valence-corrected chi connectivity index (χ1v) is 16.4. The van der Waals surface area contributed by atoms with Crippen LogP contribution in [0.2, 0.25) is 0 Å². The fourth-order valence-corrected chi connectivity index (χ4v) is 9.81. The molecule has 1 heterocycles. The molecule has 0 saturated heterocycles. The van der Waals surface area contributed by atoms with Crippen LogP contribution in [0.4, 0.5) is 0 Å². The Morgan fingerprint density at radius 1 is 0.833 bits per heavy atom. The standard InChI is InChI=1S/C29H30O4S3/c30-35(31,21-23-7-4-5-8-23)26-15-13-22(14-16-26)19-24-9-6-10-25(20-24)28-17-18-29(34-28)36(32,33)27-11-2-1-3-12-27/h4-7,9-10,13-18,20,27H,1-3,8,11-12,19,21H2. The van der Waals surface area contributed by atoms with E-state index in [-0.39, 0.29) is 11.0 Å². The maximum absolute atomic E-state index is 13.1. The number of thiophene rings is 1. The predicted molar refractivity (Wildman–Crippen MR) is 147 cm³/mol. The fourth-order valence-electron chi connectivity index (χ4n) is 4.98. The minimum absolute atomic E-state index is 0.0562. The van der Waals surface area contributed by atoms with Gasteiger partial charge in [-0.15, -0.1) is 11.3 Å². The number of sulfone groups is 2. The smallest absolute Gasteiger partial charge is 0.190 e. The van der Waals surface area contributed by atoms with Crippen LogP contribution in [0.3, 0.4) is 0 Å². The lowest BCUT2D eigenvalue weighted by molar-refractivity contribution is 0.484. The van der Waals surface area contributed by atoms with Crippen molar-refractivity contribution >= 4 is 31.0 Å². The van der Waals surface area contributed by atoms with E-state index in [0.717, 1.165) is 59.2 Å². The van der Waals surface area contributed by atoms with Crippen molar-refractivity contribution in [3.8, 4) is 10.4 Å². The Kier molecular flexibility index (Phi) is 7.33. The molecule has 2 aliphatic rings. The van der Waals surface area contributed by atoms with Crippen LogP contribution in [0.15, 0.2) is 93.6 Å². The first-order chi connectivity index (χ1) is 17.3. The zero-order valence-corrected chi connectivity index (χ0v) is 22.5. The third kappa shape index (κ3) is 5.58. The Morgan fingerprint density at radius 2 is 1.61 bits per heavy atom. The van der Waals surface area contributed by atoms with Crippen LogP contribution >= 0.6 is 11.3 Å². The summed E-state index contributed by atoms with van der Waals surface area (Å²) in [6.07, 6.45) is 11.8. The Morgan fingerprint density at radius 3 is 2.33 bits per heavy atom. The molecule has 1 fully saturated rings. The molecule has 0 aliphatic heterocycles. The van der Waals surface area contributed by atoms with E-state index in [2.05, 4.69) is 6.07 Å². The van der Waals surface area contributed by atoms with Crippen LogP contribution in [0.5, 0.6) is 0 Å². The van der Waals surface area contributed by atoms with E-state index in [1.807, 2.05) is 54.6 Å². The van der Waals surface area contributed by atoms with Crippen molar-refractivity contribution in [2.45, 2.75) is 59.3 Å². The molecule has 0 atom stereocenters. The van der Waals surface area contributed by atoms with Crippen molar-refractivity contribution in [2.75, 3.05) is 5.75 Å². The monoisotopic (exact) mass is 538 g/mol. The number of allylic oxidation sites excluding steroid dienone is 3. The van der Waals surface area contributed by atoms with Gasteiger partial charge in [-0.1, -0.05) is 79.5 Å². The first-order valence-electron chi connectivity index (χ1n) is 12.4. The van der Waals surface area contributed by atoms with Crippen LogP contribution in [0.25, 0.3) is 10.4 Å². The number of hydrogen-bond donors (Lipinski definition) is 0. The van der Waals surface area contributed by atoms with E-state index < -0.39 is 19.7 Å². The molecule has 188 valence electrons. The molecule has 1 saturated carbocycles. The van der Waals surface area contributed by atoms with Gasteiger partial charge in [0.15, 0.2) is 19.7 Å². The Hall–Kier alpha value is -2.48. The Balaban J connectivity index is 1.29. The normalized spacial score (nSPS) is 16.8. The molecule has 2 aromatic carbocycles. The maximum Gasteiger partial charge on any atom is 0.190 e. The lowest BCUT2D eigenvalue weighted by atomic mass is 10.0. The SMILES string of the molecule is O=S(=O)(CC1=CC=CC1)c1ccc(Cc2cccc(-c3ccc(S(=O)(=O)C4CCCCC4)s3)c2)cc1. The van der Waals surface area contributed by atoms with Crippen molar-refractivity contribution in [1.82, 2.24) is 0 Å². The molecule has 3 aromatic rings. The van der Waals surface area contributed by atoms with Gasteiger partial charge in [0.25, 0.3) is 0 Å². The van der Waals surface area contributed by atoms with Crippen molar-refractivity contribution in [3.63, 3.8) is 0 Å². The van der Waals surface area contributed by atoms with E-state index in [0.29, 0.717) is 21.9 Å². The van der Waals surface area contributed by atoms with Gasteiger partial charge in [0.1, 0.15) is 4.21 Å². The van der Waals surface area contributed by atoms with Crippen LogP contribution in [0.1, 0.15) is 49.7 Å². The van der Waals surface area contributed by atoms with Gasteiger partial charge in [-0.2, -0.15) is 0 Å². The molecular formula is C29H30O4S3. The van der Waals surface area contributed by atoms with E-state index in [1.54, 1.807) is 18.2 Å². The summed E-state index contributed by atoms with van der Waals surface area (Å²) >= 11 is 1.36. The number of benzene rings is 2. The second-order valence-electron chi connectivity index (χ2n) is 9.66. The van der Waals surface area contributed by atoms with Crippen molar-refractivity contribution in [3.05, 3.63) is 95.6 Å². The molecule has 5 rings (SSSR count). The van der Waals surface area contributed by atoms with Crippen LogP contribution < -0.4 is 0 Å². The summed E-state index contributed by atoms with van der Waals surface area (Å²) < 4.78 is 52.1. The van der Waals surface area contributed by atoms with Gasteiger partial charge in [0.05, 0.1) is 15.9 Å². The number of hydrogen-bond acceptors (Lipinski definition) is 5. The third-order valence-electron chi connectivity index (χ3n) is 6.98. The van der Waals surface area contributed by atoms with Gasteiger partial charge in [-0.05, 0) is 66.6 Å². The molecular weight excluding hydrogens is 509 g/mol. The molecule has 2 aliphatic carbocycles. The van der Waals surface area contributed by atoms with E-state index in [4.69, 9.17) is 0 Å². The highest BCUT2D eigenvalue weighted by Crippen LogP contribution is 2.36. The second kappa shape index (κ2) is 10.5. The zero-order chi connectivity index (χ0) is 25.2. The topological polar surface area (TPSA) is 68.3 Å². The van der Waals surface area contributed by atoms with Crippen molar-refractivity contribution in [2.24, 2.45) is 0 Å². The molecule has 0 bridgehead atoms. The van der Waals surface area contributed by atoms with Gasteiger partial charge < -0.3 is 0 Å². The minimum atomic E-state index is -3.35. The molecule has 0 N–H and O–H groups in total. The summed E-state index contributed by atoms with van der Waals surface area (Å²) in [5, 5.41) is -0.248. The average Bonchev–Trinajstić information content (AvgIpc) is 3.58. The van der Waals surface area contributed by atoms with E-state index in [9.17, 15) is 16.8 Å². The van der Waals surface area contributed by atoms with Crippen molar-refractivity contribution < 1.29 is 16.8 Å². The summed E-state index contributed by atoms with van der Waals surface area (Å²) in [6.45, 7) is 0. The molecule has 1 aromatic heterocycles. The summed E-state index contributed by atoms with van der Waals surface area (Å²) in [5.41, 5.74) is 4.04. The average molecular weight is 539 g/mol. The van der Waals surface area contributed by atoms with Gasteiger partial charge in [0, 0.05) is 4.88 Å². The fraction of sp³-hybridized carbons (Fsp3) is 0.310. The highest BCUT2D eigenvalue weighted by atomic mass is 32.2. The number of rotatable bonds is 8. The maximum atomic E-state index is 13.1. The molecule has 0 spiro atoms.